The minimum atomic E-state index is -0.765. The van der Waals surface area contributed by atoms with Gasteiger partial charge in [-0.3, -0.25) is 20.8 Å². The molecule has 16 heavy (non-hydrogen) atoms. The van der Waals surface area contributed by atoms with E-state index < -0.39 is 23.0 Å². The predicted octanol–water partition coefficient (Wildman–Crippen LogP) is 1.20. The first-order valence-electron chi connectivity index (χ1n) is 5.07. The van der Waals surface area contributed by atoms with Gasteiger partial charge < -0.3 is 0 Å². The first-order valence-corrected chi connectivity index (χ1v) is 5.07. The van der Waals surface area contributed by atoms with Crippen LogP contribution in [0, 0.1) is 5.92 Å². The molecule has 98 valence electrons. The predicted molar refractivity (Wildman–Crippen MR) is 50.3 cm³/mol. The van der Waals surface area contributed by atoms with Gasteiger partial charge in [0.2, 0.25) is 0 Å². The minimum Gasteiger partial charge on any atom is -0.266 e. The molecule has 0 rings (SSSR count). The molecule has 0 aliphatic heterocycles. The SMILES string of the molecule is CCCC(C)C(ON(O)O)C(C)ON(O)O. The van der Waals surface area contributed by atoms with Crippen LogP contribution in [-0.2, 0) is 9.68 Å². The summed E-state index contributed by atoms with van der Waals surface area (Å²) in [7, 11) is 0. The van der Waals surface area contributed by atoms with Crippen molar-refractivity contribution in [1.29, 1.82) is 0 Å². The highest BCUT2D eigenvalue weighted by molar-refractivity contribution is 4.71. The van der Waals surface area contributed by atoms with Crippen molar-refractivity contribution < 1.29 is 30.5 Å². The van der Waals surface area contributed by atoms with E-state index in [9.17, 15) is 0 Å². The van der Waals surface area contributed by atoms with E-state index in [4.69, 9.17) is 25.7 Å². The van der Waals surface area contributed by atoms with Crippen LogP contribution in [0.5, 0.6) is 0 Å². The van der Waals surface area contributed by atoms with Gasteiger partial charge in [-0.1, -0.05) is 20.3 Å². The maximum atomic E-state index is 8.60. The average molecular weight is 240 g/mol. The third kappa shape index (κ3) is 6.30. The maximum Gasteiger partial charge on any atom is 0.115 e. The van der Waals surface area contributed by atoms with Crippen LogP contribution in [-0.4, -0.2) is 43.8 Å². The van der Waals surface area contributed by atoms with Crippen molar-refractivity contribution in [3.05, 3.63) is 0 Å². The second-order valence-electron chi connectivity index (χ2n) is 3.65. The lowest BCUT2D eigenvalue weighted by molar-refractivity contribution is -0.539. The van der Waals surface area contributed by atoms with Gasteiger partial charge in [0.25, 0.3) is 0 Å². The van der Waals surface area contributed by atoms with Crippen LogP contribution in [0.15, 0.2) is 0 Å². The summed E-state index contributed by atoms with van der Waals surface area (Å²) < 4.78 is 0. The number of hydrogen-bond acceptors (Lipinski definition) is 8. The third-order valence-electron chi connectivity index (χ3n) is 2.24. The van der Waals surface area contributed by atoms with Gasteiger partial charge in [-0.2, -0.15) is 0 Å². The van der Waals surface area contributed by atoms with Gasteiger partial charge in [0.05, 0.1) is 10.8 Å². The first kappa shape index (κ1) is 15.7. The van der Waals surface area contributed by atoms with Crippen molar-refractivity contribution in [2.75, 3.05) is 0 Å². The molecule has 0 amide bonds. The van der Waals surface area contributed by atoms with E-state index in [1.165, 1.54) is 6.92 Å². The van der Waals surface area contributed by atoms with Crippen molar-refractivity contribution in [3.63, 3.8) is 0 Å². The van der Waals surface area contributed by atoms with Crippen LogP contribution in [0.1, 0.15) is 33.6 Å². The molecule has 0 saturated heterocycles. The normalized spacial score (nSPS) is 17.8. The summed E-state index contributed by atoms with van der Waals surface area (Å²) in [6, 6.07) is 0. The van der Waals surface area contributed by atoms with Crippen LogP contribution < -0.4 is 0 Å². The Morgan fingerprint density at radius 1 is 1.00 bits per heavy atom. The van der Waals surface area contributed by atoms with E-state index in [0.717, 1.165) is 12.8 Å². The van der Waals surface area contributed by atoms with Crippen molar-refractivity contribution in [2.45, 2.75) is 45.8 Å². The Morgan fingerprint density at radius 3 is 1.88 bits per heavy atom. The van der Waals surface area contributed by atoms with E-state index in [1.807, 2.05) is 13.8 Å². The van der Waals surface area contributed by atoms with E-state index in [0.29, 0.717) is 0 Å². The molecule has 0 bridgehead atoms. The van der Waals surface area contributed by atoms with Crippen LogP contribution >= 0.6 is 0 Å². The lowest BCUT2D eigenvalue weighted by Gasteiger charge is -2.29. The Labute approximate surface area is 93.9 Å². The van der Waals surface area contributed by atoms with Gasteiger partial charge >= 0.3 is 0 Å². The summed E-state index contributed by atoms with van der Waals surface area (Å²) in [5.41, 5.74) is 0. The lowest BCUT2D eigenvalue weighted by Crippen LogP contribution is -2.41. The van der Waals surface area contributed by atoms with Gasteiger partial charge in [0.1, 0.15) is 12.2 Å². The lowest BCUT2D eigenvalue weighted by atomic mass is 9.96. The summed E-state index contributed by atoms with van der Waals surface area (Å²) in [4.78, 5) is 9.25. The van der Waals surface area contributed by atoms with Crippen molar-refractivity contribution in [2.24, 2.45) is 5.92 Å². The molecule has 0 saturated carbocycles. The van der Waals surface area contributed by atoms with Crippen molar-refractivity contribution in [1.82, 2.24) is 10.8 Å². The average Bonchev–Trinajstić information content (AvgIpc) is 2.12. The minimum absolute atomic E-state index is 0.0539. The molecule has 0 heterocycles. The Balaban J connectivity index is 4.39. The van der Waals surface area contributed by atoms with E-state index in [2.05, 4.69) is 4.84 Å². The molecule has 0 fully saturated rings. The summed E-state index contributed by atoms with van der Waals surface area (Å²) in [5, 5.41) is 33.3. The molecule has 3 atom stereocenters. The van der Waals surface area contributed by atoms with Crippen LogP contribution in [0.4, 0.5) is 0 Å². The second-order valence-corrected chi connectivity index (χ2v) is 3.65. The van der Waals surface area contributed by atoms with E-state index >= 15 is 0 Å². The molecular weight excluding hydrogens is 220 g/mol. The zero-order valence-corrected chi connectivity index (χ0v) is 9.65. The monoisotopic (exact) mass is 240 g/mol. The Morgan fingerprint density at radius 2 is 1.50 bits per heavy atom. The van der Waals surface area contributed by atoms with E-state index in [-0.39, 0.29) is 5.92 Å². The Bertz CT molecular complexity index is 180. The van der Waals surface area contributed by atoms with Crippen molar-refractivity contribution in [3.8, 4) is 0 Å². The standard InChI is InChI=1S/C8H20N2O6/c1-4-5-6(2)8(16-10(13)14)7(3)15-9(11)12/h6-8,11-14H,4-5H2,1-3H3. The molecular formula is C8H20N2O6. The second kappa shape index (κ2) is 7.87. The van der Waals surface area contributed by atoms with Gasteiger partial charge in [0, 0.05) is 0 Å². The molecule has 8 nitrogen and oxygen atoms in total. The van der Waals surface area contributed by atoms with Crippen LogP contribution in [0.2, 0.25) is 0 Å². The van der Waals surface area contributed by atoms with Crippen LogP contribution in [0.3, 0.4) is 0 Å². The van der Waals surface area contributed by atoms with E-state index in [1.54, 1.807) is 0 Å². The molecule has 0 aliphatic rings. The summed E-state index contributed by atoms with van der Waals surface area (Å²) in [6.45, 7) is 5.31. The highest BCUT2D eigenvalue weighted by Crippen LogP contribution is 2.19. The summed E-state index contributed by atoms with van der Waals surface area (Å²) >= 11 is 0. The quantitative estimate of drug-likeness (QED) is 0.469. The molecule has 0 aromatic heterocycles. The van der Waals surface area contributed by atoms with Crippen molar-refractivity contribution >= 4 is 0 Å². The smallest absolute Gasteiger partial charge is 0.115 e. The van der Waals surface area contributed by atoms with Gasteiger partial charge in [0.15, 0.2) is 0 Å². The fourth-order valence-electron chi connectivity index (χ4n) is 1.59. The summed E-state index contributed by atoms with van der Waals surface area (Å²) in [6.07, 6.45) is 0.158. The Hall–Kier alpha value is -0.320. The molecule has 8 heteroatoms. The molecule has 0 aromatic rings. The number of hydrogen-bond donors (Lipinski definition) is 4. The first-order chi connectivity index (χ1) is 7.38. The molecule has 4 N–H and O–H groups in total. The highest BCUT2D eigenvalue weighted by atomic mass is 17.1. The Kier molecular flexibility index (Phi) is 7.72. The van der Waals surface area contributed by atoms with Crippen LogP contribution in [0.25, 0.3) is 0 Å². The fraction of sp³-hybridized carbons (Fsp3) is 1.00. The van der Waals surface area contributed by atoms with Gasteiger partial charge in [-0.25, -0.2) is 9.68 Å². The third-order valence-corrected chi connectivity index (χ3v) is 2.24. The van der Waals surface area contributed by atoms with Gasteiger partial charge in [-0.15, -0.1) is 0 Å². The molecule has 0 spiro atoms. The molecule has 0 aliphatic carbocycles. The highest BCUT2D eigenvalue weighted by Gasteiger charge is 2.28. The maximum absolute atomic E-state index is 8.60. The topological polar surface area (TPSA) is 106 Å². The summed E-state index contributed by atoms with van der Waals surface area (Å²) in [5.74, 6) is -0.0539. The zero-order chi connectivity index (χ0) is 12.7. The number of rotatable bonds is 8. The molecule has 0 radical (unpaired) electrons. The zero-order valence-electron chi connectivity index (χ0n) is 9.65. The molecule has 0 aromatic carbocycles. The number of nitrogens with zero attached hydrogens (tertiary/aromatic N) is 2. The largest absolute Gasteiger partial charge is 0.266 e. The molecule has 3 unspecified atom stereocenters. The van der Waals surface area contributed by atoms with Gasteiger partial charge in [-0.05, 0) is 19.3 Å². The fourth-order valence-corrected chi connectivity index (χ4v) is 1.59.